The lowest BCUT2D eigenvalue weighted by Crippen LogP contribution is -2.42. The molecule has 0 unspecified atom stereocenters. The number of terminal acetylenes is 1. The van der Waals surface area contributed by atoms with Crippen LogP contribution in [-0.2, 0) is 6.54 Å². The molecule has 4 rings (SSSR count). The molecule has 6 heteroatoms. The maximum atomic E-state index is 12.9. The van der Waals surface area contributed by atoms with Crippen molar-refractivity contribution >= 4 is 17.2 Å². The van der Waals surface area contributed by atoms with Crippen molar-refractivity contribution < 1.29 is 9.53 Å². The van der Waals surface area contributed by atoms with E-state index in [-0.39, 0.29) is 24.5 Å². The van der Waals surface area contributed by atoms with Crippen LogP contribution in [0.25, 0.3) is 0 Å². The lowest BCUT2D eigenvalue weighted by atomic mass is 9.88. The average molecular weight is 446 g/mol. The molecular weight excluding hydrogens is 418 g/mol. The molecule has 2 atom stereocenters. The van der Waals surface area contributed by atoms with Gasteiger partial charge in [-0.3, -0.25) is 14.7 Å². The molecule has 2 aromatic heterocycles. The number of aromatic nitrogens is 1. The number of hydrogen-bond donors (Lipinski definition) is 1. The smallest absolute Gasteiger partial charge is 0.261 e. The van der Waals surface area contributed by atoms with Gasteiger partial charge in [0.2, 0.25) is 0 Å². The Labute approximate surface area is 193 Å². The number of nitrogens with one attached hydrogen (secondary N) is 1. The fourth-order valence-corrected chi connectivity index (χ4v) is 4.86. The van der Waals surface area contributed by atoms with Crippen LogP contribution in [0.4, 0.5) is 0 Å². The van der Waals surface area contributed by atoms with Crippen LogP contribution < -0.4 is 10.1 Å². The molecular formula is C26H27N3O2S. The second kappa shape index (κ2) is 10.9. The summed E-state index contributed by atoms with van der Waals surface area (Å²) in [6.07, 6.45) is 9.23. The summed E-state index contributed by atoms with van der Waals surface area (Å²) < 4.78 is 5.57. The van der Waals surface area contributed by atoms with E-state index in [1.54, 1.807) is 6.20 Å². The summed E-state index contributed by atoms with van der Waals surface area (Å²) >= 11 is 1.46. The number of carbonyl (C=O) groups excluding carboxylic acids is 1. The molecule has 1 amide bonds. The van der Waals surface area contributed by atoms with Crippen molar-refractivity contribution in [1.82, 2.24) is 15.2 Å². The van der Waals surface area contributed by atoms with Gasteiger partial charge in [-0.1, -0.05) is 30.2 Å². The number of pyridine rings is 1. The van der Waals surface area contributed by atoms with Crippen LogP contribution in [0, 0.1) is 18.3 Å². The molecule has 1 aliphatic heterocycles. The molecule has 0 radical (unpaired) electrons. The number of ether oxygens (including phenoxy) is 1. The fourth-order valence-electron chi connectivity index (χ4n) is 4.24. The first-order valence-electron chi connectivity index (χ1n) is 10.9. The van der Waals surface area contributed by atoms with Gasteiger partial charge >= 0.3 is 0 Å². The van der Waals surface area contributed by atoms with Crippen molar-refractivity contribution in [2.45, 2.75) is 25.4 Å². The summed E-state index contributed by atoms with van der Waals surface area (Å²) in [4.78, 5) is 20.6. The molecule has 5 nitrogen and oxygen atoms in total. The predicted octanol–water partition coefficient (Wildman–Crippen LogP) is 4.54. The molecule has 1 fully saturated rings. The largest absolute Gasteiger partial charge is 0.481 e. The lowest BCUT2D eigenvalue weighted by molar-refractivity contribution is 0.0879. The van der Waals surface area contributed by atoms with Gasteiger partial charge in [0, 0.05) is 19.3 Å². The van der Waals surface area contributed by atoms with E-state index >= 15 is 0 Å². The molecule has 1 N–H and O–H groups in total. The summed E-state index contributed by atoms with van der Waals surface area (Å²) in [7, 11) is 0. The van der Waals surface area contributed by atoms with Crippen molar-refractivity contribution in [3.05, 3.63) is 82.3 Å². The van der Waals surface area contributed by atoms with Gasteiger partial charge in [0.05, 0.1) is 16.6 Å². The maximum Gasteiger partial charge on any atom is 0.261 e. The van der Waals surface area contributed by atoms with Crippen molar-refractivity contribution in [3.8, 4) is 18.1 Å². The van der Waals surface area contributed by atoms with E-state index in [1.165, 1.54) is 16.9 Å². The second-order valence-corrected chi connectivity index (χ2v) is 8.91. The Kier molecular flexibility index (Phi) is 7.55. The van der Waals surface area contributed by atoms with E-state index < -0.39 is 0 Å². The second-order valence-electron chi connectivity index (χ2n) is 7.96. The van der Waals surface area contributed by atoms with Gasteiger partial charge in [-0.25, -0.2) is 0 Å². The highest BCUT2D eigenvalue weighted by Gasteiger charge is 2.31. The Balaban J connectivity index is 1.47. The topological polar surface area (TPSA) is 54.5 Å². The first-order valence-corrected chi connectivity index (χ1v) is 11.7. The minimum Gasteiger partial charge on any atom is -0.481 e. The zero-order valence-corrected chi connectivity index (χ0v) is 18.8. The van der Waals surface area contributed by atoms with E-state index in [0.717, 1.165) is 48.8 Å². The van der Waals surface area contributed by atoms with Gasteiger partial charge in [0.15, 0.2) is 0 Å². The third-order valence-electron chi connectivity index (χ3n) is 5.68. The summed E-state index contributed by atoms with van der Waals surface area (Å²) in [6.45, 7) is 3.02. The number of rotatable bonds is 8. The first kappa shape index (κ1) is 22.1. The number of piperidine rings is 1. The van der Waals surface area contributed by atoms with Crippen LogP contribution in [0.2, 0.25) is 0 Å². The van der Waals surface area contributed by atoms with Gasteiger partial charge in [0.1, 0.15) is 12.4 Å². The third-order valence-corrected chi connectivity index (χ3v) is 6.55. The standard InChI is InChI=1S/C26H27N3O2S/c1-2-15-31-22-10-5-8-20(17-22)18-29-14-6-9-21(19-29)25(23-11-3-4-13-27-23)28-26(30)24-12-7-16-32-24/h1,3-5,7-8,10-13,16-17,21,25H,6,9,14-15,18-19H2,(H,28,30)/t21-,25-/m0/s1. The molecule has 0 spiro atoms. The van der Waals surface area contributed by atoms with Crippen molar-refractivity contribution in [3.63, 3.8) is 0 Å². The Morgan fingerprint density at radius 3 is 3.00 bits per heavy atom. The number of thiophene rings is 1. The van der Waals surface area contributed by atoms with E-state index in [2.05, 4.69) is 33.3 Å². The number of likely N-dealkylation sites (tertiary alicyclic amines) is 1. The SMILES string of the molecule is C#CCOc1cccc(CN2CCC[C@H]([C@H](NC(=O)c3cccs3)c3ccccn3)C2)c1. The highest BCUT2D eigenvalue weighted by Crippen LogP contribution is 2.30. The molecule has 0 bridgehead atoms. The van der Waals surface area contributed by atoms with Gasteiger partial charge in [-0.15, -0.1) is 17.8 Å². The molecule has 1 aromatic carbocycles. The van der Waals surface area contributed by atoms with Crippen LogP contribution >= 0.6 is 11.3 Å². The highest BCUT2D eigenvalue weighted by atomic mass is 32.1. The van der Waals surface area contributed by atoms with Gasteiger partial charge < -0.3 is 10.1 Å². The molecule has 0 saturated carbocycles. The molecule has 32 heavy (non-hydrogen) atoms. The molecule has 3 aromatic rings. The minimum atomic E-state index is -0.126. The van der Waals surface area contributed by atoms with Crippen LogP contribution in [0.1, 0.15) is 39.8 Å². The van der Waals surface area contributed by atoms with Gasteiger partial charge in [-0.2, -0.15) is 0 Å². The molecule has 3 heterocycles. The summed E-state index contributed by atoms with van der Waals surface area (Å²) in [5.41, 5.74) is 2.10. The number of carbonyl (C=O) groups is 1. The van der Waals surface area contributed by atoms with Crippen molar-refractivity contribution in [2.75, 3.05) is 19.7 Å². The Bertz CT molecular complexity index is 1050. The Morgan fingerprint density at radius 1 is 1.28 bits per heavy atom. The van der Waals surface area contributed by atoms with Crippen molar-refractivity contribution in [2.24, 2.45) is 5.92 Å². The number of amides is 1. The maximum absolute atomic E-state index is 12.9. The first-order chi connectivity index (χ1) is 15.7. The van der Waals surface area contributed by atoms with Gasteiger partial charge in [-0.05, 0) is 66.6 Å². The predicted molar refractivity (Wildman–Crippen MR) is 128 cm³/mol. The van der Waals surface area contributed by atoms with Crippen LogP contribution in [0.5, 0.6) is 5.75 Å². The Hall–Kier alpha value is -3.14. The van der Waals surface area contributed by atoms with E-state index in [0.29, 0.717) is 0 Å². The van der Waals surface area contributed by atoms with Crippen molar-refractivity contribution in [1.29, 1.82) is 0 Å². The van der Waals surface area contributed by atoms with Crippen LogP contribution in [0.15, 0.2) is 66.2 Å². The van der Waals surface area contributed by atoms with Crippen LogP contribution in [0.3, 0.4) is 0 Å². The summed E-state index contributed by atoms with van der Waals surface area (Å²) in [5, 5.41) is 5.19. The fraction of sp³-hybridized carbons (Fsp3) is 0.308. The lowest BCUT2D eigenvalue weighted by Gasteiger charge is -2.37. The quantitative estimate of drug-likeness (QED) is 0.517. The molecule has 1 aliphatic rings. The Morgan fingerprint density at radius 2 is 2.22 bits per heavy atom. The van der Waals surface area contributed by atoms with Gasteiger partial charge in [0.25, 0.3) is 5.91 Å². The zero-order valence-electron chi connectivity index (χ0n) is 17.9. The minimum absolute atomic E-state index is 0.0360. The number of nitrogens with zero attached hydrogens (tertiary/aromatic N) is 2. The van der Waals surface area contributed by atoms with E-state index in [9.17, 15) is 4.79 Å². The monoisotopic (exact) mass is 445 g/mol. The number of hydrogen-bond acceptors (Lipinski definition) is 5. The normalized spacial score (nSPS) is 17.3. The van der Waals surface area contributed by atoms with E-state index in [4.69, 9.17) is 11.2 Å². The molecule has 1 saturated heterocycles. The highest BCUT2D eigenvalue weighted by molar-refractivity contribution is 7.12. The zero-order chi connectivity index (χ0) is 22.2. The third kappa shape index (κ3) is 5.76. The summed E-state index contributed by atoms with van der Waals surface area (Å²) in [5.74, 6) is 3.54. The number of benzene rings is 1. The van der Waals surface area contributed by atoms with E-state index in [1.807, 2.05) is 47.8 Å². The molecule has 164 valence electrons. The van der Waals surface area contributed by atoms with Crippen LogP contribution in [-0.4, -0.2) is 35.5 Å². The molecule has 0 aliphatic carbocycles. The summed E-state index contributed by atoms with van der Waals surface area (Å²) in [6, 6.07) is 17.6. The average Bonchev–Trinajstić information content (AvgIpc) is 3.37.